The van der Waals surface area contributed by atoms with E-state index in [0.717, 1.165) is 5.69 Å². The van der Waals surface area contributed by atoms with Gasteiger partial charge in [0.15, 0.2) is 0 Å². The number of anilines is 2. The summed E-state index contributed by atoms with van der Waals surface area (Å²) in [6.07, 6.45) is 0. The molecule has 1 heterocycles. The van der Waals surface area contributed by atoms with E-state index in [1.165, 1.54) is 6.07 Å². The highest BCUT2D eigenvalue weighted by molar-refractivity contribution is 6.04. The predicted molar refractivity (Wildman–Crippen MR) is 86.3 cm³/mol. The lowest BCUT2D eigenvalue weighted by molar-refractivity contribution is 0.102. The summed E-state index contributed by atoms with van der Waals surface area (Å²) in [4.78, 5) is 25.4. The van der Waals surface area contributed by atoms with Gasteiger partial charge in [0.1, 0.15) is 5.82 Å². The standard InChI is InChI=1S/C17H16FN3O2/c1-11-2-5-13(10-15(11)18)20-16(22)12-3-6-14(7-4-12)21-9-8-19-17(21)23/h2-7,10H,8-9H2,1H3,(H,19,23)(H,20,22). The van der Waals surface area contributed by atoms with Gasteiger partial charge < -0.3 is 10.6 Å². The fraction of sp³-hybridized carbons (Fsp3) is 0.176. The Balaban J connectivity index is 1.72. The average molecular weight is 313 g/mol. The number of nitrogens with one attached hydrogen (secondary N) is 2. The molecule has 23 heavy (non-hydrogen) atoms. The fourth-order valence-electron chi connectivity index (χ4n) is 2.38. The largest absolute Gasteiger partial charge is 0.336 e. The minimum Gasteiger partial charge on any atom is -0.336 e. The molecule has 6 heteroatoms. The van der Waals surface area contributed by atoms with Gasteiger partial charge in [-0.3, -0.25) is 9.69 Å². The maximum atomic E-state index is 13.5. The topological polar surface area (TPSA) is 61.4 Å². The zero-order chi connectivity index (χ0) is 16.4. The first-order chi connectivity index (χ1) is 11.0. The van der Waals surface area contributed by atoms with E-state index >= 15 is 0 Å². The van der Waals surface area contributed by atoms with Crippen LogP contribution < -0.4 is 15.5 Å². The van der Waals surface area contributed by atoms with Crippen molar-refractivity contribution in [3.05, 3.63) is 59.4 Å². The lowest BCUT2D eigenvalue weighted by atomic mass is 10.1. The molecule has 0 spiro atoms. The van der Waals surface area contributed by atoms with Gasteiger partial charge in [0.25, 0.3) is 5.91 Å². The van der Waals surface area contributed by atoms with Crippen LogP contribution in [-0.4, -0.2) is 25.0 Å². The molecule has 0 aliphatic carbocycles. The monoisotopic (exact) mass is 313 g/mol. The highest BCUT2D eigenvalue weighted by Gasteiger charge is 2.21. The van der Waals surface area contributed by atoms with E-state index in [0.29, 0.717) is 29.9 Å². The third kappa shape index (κ3) is 3.15. The van der Waals surface area contributed by atoms with Crippen LogP contribution in [-0.2, 0) is 0 Å². The molecule has 1 fully saturated rings. The van der Waals surface area contributed by atoms with E-state index < -0.39 is 0 Å². The third-order valence-corrected chi connectivity index (χ3v) is 3.73. The summed E-state index contributed by atoms with van der Waals surface area (Å²) in [5.41, 5.74) is 2.10. The van der Waals surface area contributed by atoms with E-state index in [1.807, 2.05) is 0 Å². The summed E-state index contributed by atoms with van der Waals surface area (Å²) < 4.78 is 13.5. The van der Waals surface area contributed by atoms with Crippen molar-refractivity contribution in [1.82, 2.24) is 5.32 Å². The van der Waals surface area contributed by atoms with Gasteiger partial charge in [-0.2, -0.15) is 0 Å². The first kappa shape index (κ1) is 15.0. The number of carbonyl (C=O) groups is 2. The molecule has 2 aromatic carbocycles. The van der Waals surface area contributed by atoms with Crippen molar-refractivity contribution in [3.63, 3.8) is 0 Å². The van der Waals surface area contributed by atoms with Gasteiger partial charge in [0.05, 0.1) is 0 Å². The van der Waals surface area contributed by atoms with Crippen molar-refractivity contribution < 1.29 is 14.0 Å². The Hall–Kier alpha value is -2.89. The van der Waals surface area contributed by atoms with Gasteiger partial charge in [0, 0.05) is 30.0 Å². The van der Waals surface area contributed by atoms with Crippen molar-refractivity contribution in [2.75, 3.05) is 23.3 Å². The third-order valence-electron chi connectivity index (χ3n) is 3.73. The Labute approximate surface area is 133 Å². The van der Waals surface area contributed by atoms with Crippen LogP contribution in [0.5, 0.6) is 0 Å². The quantitative estimate of drug-likeness (QED) is 0.915. The lowest BCUT2D eigenvalue weighted by Gasteiger charge is -2.14. The highest BCUT2D eigenvalue weighted by atomic mass is 19.1. The zero-order valence-electron chi connectivity index (χ0n) is 12.6. The number of nitrogens with zero attached hydrogens (tertiary/aromatic N) is 1. The summed E-state index contributed by atoms with van der Waals surface area (Å²) in [6.45, 7) is 2.88. The number of hydrogen-bond acceptors (Lipinski definition) is 2. The summed E-state index contributed by atoms with van der Waals surface area (Å²) in [5, 5.41) is 5.37. The summed E-state index contributed by atoms with van der Waals surface area (Å²) in [5.74, 6) is -0.691. The molecule has 5 nitrogen and oxygen atoms in total. The molecule has 0 radical (unpaired) electrons. The molecular formula is C17H16FN3O2. The first-order valence-corrected chi connectivity index (χ1v) is 7.27. The average Bonchev–Trinajstić information content (AvgIpc) is 2.97. The Morgan fingerprint density at radius 3 is 2.57 bits per heavy atom. The minimum absolute atomic E-state index is 0.141. The zero-order valence-corrected chi connectivity index (χ0v) is 12.6. The molecule has 2 aromatic rings. The van der Waals surface area contributed by atoms with Crippen LogP contribution >= 0.6 is 0 Å². The van der Waals surface area contributed by atoms with Crippen LogP contribution in [0.1, 0.15) is 15.9 Å². The van der Waals surface area contributed by atoms with E-state index in [2.05, 4.69) is 10.6 Å². The van der Waals surface area contributed by atoms with Crippen LogP contribution in [0, 0.1) is 12.7 Å². The first-order valence-electron chi connectivity index (χ1n) is 7.27. The Morgan fingerprint density at radius 1 is 1.22 bits per heavy atom. The SMILES string of the molecule is Cc1ccc(NC(=O)c2ccc(N3CCNC3=O)cc2)cc1F. The summed E-state index contributed by atoms with van der Waals surface area (Å²) in [7, 11) is 0. The van der Waals surface area contributed by atoms with E-state index in [-0.39, 0.29) is 17.8 Å². The van der Waals surface area contributed by atoms with Crippen molar-refractivity contribution in [2.45, 2.75) is 6.92 Å². The second-order valence-electron chi connectivity index (χ2n) is 5.35. The van der Waals surface area contributed by atoms with Crippen LogP contribution in [0.25, 0.3) is 0 Å². The molecule has 0 aromatic heterocycles. The Bertz CT molecular complexity index is 759. The van der Waals surface area contributed by atoms with Crippen molar-refractivity contribution in [2.24, 2.45) is 0 Å². The Morgan fingerprint density at radius 2 is 1.96 bits per heavy atom. The lowest BCUT2D eigenvalue weighted by Crippen LogP contribution is -2.27. The molecule has 1 saturated heterocycles. The summed E-state index contributed by atoms with van der Waals surface area (Å²) in [6, 6.07) is 11.1. The number of aryl methyl sites for hydroxylation is 1. The van der Waals surface area contributed by atoms with Gasteiger partial charge in [-0.25, -0.2) is 9.18 Å². The molecule has 0 saturated carbocycles. The maximum Gasteiger partial charge on any atom is 0.321 e. The van der Waals surface area contributed by atoms with Gasteiger partial charge >= 0.3 is 6.03 Å². The van der Waals surface area contributed by atoms with E-state index in [1.54, 1.807) is 48.2 Å². The van der Waals surface area contributed by atoms with Gasteiger partial charge in [-0.1, -0.05) is 6.07 Å². The molecule has 1 aliphatic heterocycles. The van der Waals surface area contributed by atoms with Crippen LogP contribution in [0.2, 0.25) is 0 Å². The molecule has 0 bridgehead atoms. The number of carbonyl (C=O) groups excluding carboxylic acids is 2. The maximum absolute atomic E-state index is 13.5. The Kier molecular flexibility index (Phi) is 3.97. The predicted octanol–water partition coefficient (Wildman–Crippen LogP) is 2.92. The normalized spacial score (nSPS) is 13.8. The van der Waals surface area contributed by atoms with Gasteiger partial charge in [-0.05, 0) is 48.9 Å². The number of halogens is 1. The van der Waals surface area contributed by atoms with E-state index in [4.69, 9.17) is 0 Å². The molecular weight excluding hydrogens is 297 g/mol. The molecule has 0 atom stereocenters. The smallest absolute Gasteiger partial charge is 0.321 e. The second-order valence-corrected chi connectivity index (χ2v) is 5.35. The van der Waals surface area contributed by atoms with Crippen LogP contribution in [0.4, 0.5) is 20.6 Å². The minimum atomic E-state index is -0.363. The van der Waals surface area contributed by atoms with Crippen LogP contribution in [0.3, 0.4) is 0 Å². The van der Waals surface area contributed by atoms with Crippen molar-refractivity contribution in [3.8, 4) is 0 Å². The van der Waals surface area contributed by atoms with Gasteiger partial charge in [0.2, 0.25) is 0 Å². The molecule has 3 rings (SSSR count). The van der Waals surface area contributed by atoms with Crippen molar-refractivity contribution >= 4 is 23.3 Å². The molecule has 118 valence electrons. The van der Waals surface area contributed by atoms with E-state index in [9.17, 15) is 14.0 Å². The molecule has 0 unspecified atom stereocenters. The van der Waals surface area contributed by atoms with Gasteiger partial charge in [-0.15, -0.1) is 0 Å². The summed E-state index contributed by atoms with van der Waals surface area (Å²) >= 11 is 0. The molecule has 3 amide bonds. The van der Waals surface area contributed by atoms with Crippen LogP contribution in [0.15, 0.2) is 42.5 Å². The number of benzene rings is 2. The van der Waals surface area contributed by atoms with Crippen molar-refractivity contribution in [1.29, 1.82) is 0 Å². The number of amides is 3. The number of hydrogen-bond donors (Lipinski definition) is 2. The highest BCUT2D eigenvalue weighted by Crippen LogP contribution is 2.19. The number of urea groups is 1. The second kappa shape index (κ2) is 6.08. The fourth-order valence-corrected chi connectivity index (χ4v) is 2.38. The molecule has 2 N–H and O–H groups in total. The molecule has 1 aliphatic rings. The number of rotatable bonds is 3.